The summed E-state index contributed by atoms with van der Waals surface area (Å²) in [6.45, 7) is 4.04. The number of rotatable bonds is 2. The van der Waals surface area contributed by atoms with Gasteiger partial charge >= 0.3 is 12.0 Å². The molecule has 0 bridgehead atoms. The van der Waals surface area contributed by atoms with Gasteiger partial charge in [0.05, 0.1) is 11.3 Å². The average Bonchev–Trinajstić information content (AvgIpc) is 2.41. The first-order chi connectivity index (χ1) is 9.88. The van der Waals surface area contributed by atoms with Crippen LogP contribution in [-0.2, 0) is 0 Å². The molecule has 1 fully saturated rings. The third-order valence-corrected chi connectivity index (χ3v) is 3.94. The number of benzene rings is 1. The van der Waals surface area contributed by atoms with Crippen LogP contribution in [0.25, 0.3) is 0 Å². The molecule has 2 N–H and O–H groups in total. The van der Waals surface area contributed by atoms with Crippen LogP contribution in [-0.4, -0.2) is 59.6 Å². The predicted octanol–water partition coefficient (Wildman–Crippen LogP) is 2.21. The maximum Gasteiger partial charge on any atom is 0.337 e. The number of urea groups is 1. The third-order valence-electron chi connectivity index (χ3n) is 3.70. The quantitative estimate of drug-likeness (QED) is 0.878. The van der Waals surface area contributed by atoms with E-state index in [1.54, 1.807) is 4.90 Å². The van der Waals surface area contributed by atoms with Gasteiger partial charge in [-0.15, -0.1) is 0 Å². The van der Waals surface area contributed by atoms with E-state index in [1.807, 2.05) is 14.0 Å². The first-order valence-electron chi connectivity index (χ1n) is 6.67. The molecule has 21 heavy (non-hydrogen) atoms. The summed E-state index contributed by atoms with van der Waals surface area (Å²) < 4.78 is 0. The van der Waals surface area contributed by atoms with Crippen molar-refractivity contribution < 1.29 is 14.7 Å². The van der Waals surface area contributed by atoms with Gasteiger partial charge in [0, 0.05) is 30.7 Å². The lowest BCUT2D eigenvalue weighted by Crippen LogP contribution is -2.53. The van der Waals surface area contributed by atoms with E-state index in [9.17, 15) is 9.59 Å². The number of halogens is 1. The molecule has 0 aromatic heterocycles. The average molecular weight is 312 g/mol. The number of hydrogen-bond donors (Lipinski definition) is 2. The van der Waals surface area contributed by atoms with Gasteiger partial charge in [-0.25, -0.2) is 9.59 Å². The minimum absolute atomic E-state index is 0.0231. The molecule has 1 atom stereocenters. The number of hydrogen-bond acceptors (Lipinski definition) is 3. The Balaban J connectivity index is 2.13. The molecule has 1 unspecified atom stereocenters. The maximum atomic E-state index is 12.3. The fraction of sp³-hybridized carbons (Fsp3) is 0.429. The van der Waals surface area contributed by atoms with E-state index in [-0.39, 0.29) is 23.3 Å². The van der Waals surface area contributed by atoms with Crippen molar-refractivity contribution in [3.05, 3.63) is 28.8 Å². The number of carboxylic acid groups (broad SMARTS) is 1. The zero-order valence-electron chi connectivity index (χ0n) is 12.0. The number of likely N-dealkylation sites (N-methyl/N-ethyl adjacent to an activating group) is 1. The second kappa shape index (κ2) is 6.32. The Kier molecular flexibility index (Phi) is 4.69. The van der Waals surface area contributed by atoms with Gasteiger partial charge in [-0.3, -0.25) is 0 Å². The van der Waals surface area contributed by atoms with E-state index in [0.717, 1.165) is 6.54 Å². The third kappa shape index (κ3) is 3.65. The van der Waals surface area contributed by atoms with Crippen LogP contribution in [0.1, 0.15) is 17.3 Å². The molecular formula is C14H18ClN3O3. The number of anilines is 1. The van der Waals surface area contributed by atoms with E-state index < -0.39 is 5.97 Å². The number of carbonyl (C=O) groups excluding carboxylic acids is 1. The standard InChI is InChI=1S/C14H18ClN3O3/c1-9-8-18(6-5-17(9)2)14(21)16-12-7-10(15)3-4-11(12)13(19)20/h3-4,7,9H,5-6,8H2,1-2H3,(H,16,21)(H,19,20). The molecule has 1 saturated heterocycles. The lowest BCUT2D eigenvalue weighted by molar-refractivity contribution is 0.0698. The Labute approximate surface area is 128 Å². The Bertz CT molecular complexity index is 564. The van der Waals surface area contributed by atoms with Crippen LogP contribution in [0, 0.1) is 0 Å². The Morgan fingerprint density at radius 3 is 2.71 bits per heavy atom. The highest BCUT2D eigenvalue weighted by Crippen LogP contribution is 2.22. The van der Waals surface area contributed by atoms with Crippen molar-refractivity contribution in [3.8, 4) is 0 Å². The van der Waals surface area contributed by atoms with Gasteiger partial charge in [-0.1, -0.05) is 11.6 Å². The van der Waals surface area contributed by atoms with Gasteiger partial charge in [0.2, 0.25) is 0 Å². The van der Waals surface area contributed by atoms with Crippen molar-refractivity contribution in [1.82, 2.24) is 9.80 Å². The monoisotopic (exact) mass is 311 g/mol. The molecule has 7 heteroatoms. The van der Waals surface area contributed by atoms with E-state index in [4.69, 9.17) is 16.7 Å². The lowest BCUT2D eigenvalue weighted by Gasteiger charge is -2.37. The Morgan fingerprint density at radius 1 is 1.38 bits per heavy atom. The molecule has 2 rings (SSSR count). The molecule has 0 saturated carbocycles. The van der Waals surface area contributed by atoms with Crippen LogP contribution >= 0.6 is 11.6 Å². The summed E-state index contributed by atoms with van der Waals surface area (Å²) in [5.41, 5.74) is 0.238. The summed E-state index contributed by atoms with van der Waals surface area (Å²) in [6, 6.07) is 4.27. The number of carboxylic acids is 1. The van der Waals surface area contributed by atoms with Gasteiger partial charge in [0.15, 0.2) is 0 Å². The summed E-state index contributed by atoms with van der Waals surface area (Å²) in [7, 11) is 2.01. The molecule has 0 radical (unpaired) electrons. The van der Waals surface area contributed by atoms with Crippen molar-refractivity contribution in [2.24, 2.45) is 0 Å². The minimum atomic E-state index is -1.10. The van der Waals surface area contributed by atoms with Gasteiger partial charge < -0.3 is 20.2 Å². The SMILES string of the molecule is CC1CN(C(=O)Nc2cc(Cl)ccc2C(=O)O)CCN1C. The topological polar surface area (TPSA) is 72.9 Å². The highest BCUT2D eigenvalue weighted by molar-refractivity contribution is 6.31. The Hall–Kier alpha value is -1.79. The molecule has 1 heterocycles. The number of carbonyl (C=O) groups is 2. The number of nitrogens with one attached hydrogen (secondary N) is 1. The molecule has 0 aliphatic carbocycles. The van der Waals surface area contributed by atoms with E-state index in [2.05, 4.69) is 10.2 Å². The molecule has 0 spiro atoms. The maximum absolute atomic E-state index is 12.3. The summed E-state index contributed by atoms with van der Waals surface area (Å²) in [6.07, 6.45) is 0. The number of amides is 2. The molecule has 2 amide bonds. The van der Waals surface area contributed by atoms with E-state index in [1.165, 1.54) is 18.2 Å². The first-order valence-corrected chi connectivity index (χ1v) is 7.05. The summed E-state index contributed by atoms with van der Waals surface area (Å²) in [4.78, 5) is 27.3. The largest absolute Gasteiger partial charge is 0.478 e. The van der Waals surface area contributed by atoms with Gasteiger partial charge in [-0.05, 0) is 32.2 Å². The van der Waals surface area contributed by atoms with Crippen LogP contribution < -0.4 is 5.32 Å². The zero-order chi connectivity index (χ0) is 15.6. The molecule has 1 aromatic carbocycles. The molecular weight excluding hydrogens is 294 g/mol. The number of piperazine rings is 1. The molecule has 6 nitrogen and oxygen atoms in total. The van der Waals surface area contributed by atoms with Gasteiger partial charge in [0.1, 0.15) is 0 Å². The van der Waals surface area contributed by atoms with Gasteiger partial charge in [0.25, 0.3) is 0 Å². The minimum Gasteiger partial charge on any atom is -0.478 e. The molecule has 1 aliphatic heterocycles. The van der Waals surface area contributed by atoms with E-state index in [0.29, 0.717) is 18.1 Å². The summed E-state index contributed by atoms with van der Waals surface area (Å²) in [5.74, 6) is -1.10. The van der Waals surface area contributed by atoms with Crippen LogP contribution in [0.5, 0.6) is 0 Å². The van der Waals surface area contributed by atoms with Crippen molar-refractivity contribution in [2.75, 3.05) is 32.0 Å². The number of aromatic carboxylic acids is 1. The predicted molar refractivity (Wildman–Crippen MR) is 81.1 cm³/mol. The molecule has 1 aromatic rings. The van der Waals surface area contributed by atoms with Crippen LogP contribution in [0.3, 0.4) is 0 Å². The molecule has 114 valence electrons. The second-order valence-corrected chi connectivity index (χ2v) is 5.64. The fourth-order valence-corrected chi connectivity index (χ4v) is 2.41. The molecule has 1 aliphatic rings. The van der Waals surface area contributed by atoms with E-state index >= 15 is 0 Å². The highest BCUT2D eigenvalue weighted by Gasteiger charge is 2.25. The smallest absolute Gasteiger partial charge is 0.337 e. The van der Waals surface area contributed by atoms with Crippen molar-refractivity contribution in [3.63, 3.8) is 0 Å². The van der Waals surface area contributed by atoms with Crippen molar-refractivity contribution in [2.45, 2.75) is 13.0 Å². The van der Waals surface area contributed by atoms with Crippen molar-refractivity contribution >= 4 is 29.3 Å². The van der Waals surface area contributed by atoms with Crippen molar-refractivity contribution in [1.29, 1.82) is 0 Å². The summed E-state index contributed by atoms with van der Waals surface area (Å²) in [5, 5.41) is 12.2. The van der Waals surface area contributed by atoms with Crippen LogP contribution in [0.4, 0.5) is 10.5 Å². The zero-order valence-corrected chi connectivity index (χ0v) is 12.7. The Morgan fingerprint density at radius 2 is 2.10 bits per heavy atom. The second-order valence-electron chi connectivity index (χ2n) is 5.20. The van der Waals surface area contributed by atoms with Crippen LogP contribution in [0.15, 0.2) is 18.2 Å². The normalized spacial score (nSPS) is 19.4. The lowest BCUT2D eigenvalue weighted by atomic mass is 10.1. The first kappa shape index (κ1) is 15.6. The van der Waals surface area contributed by atoms with Crippen LogP contribution in [0.2, 0.25) is 5.02 Å². The summed E-state index contributed by atoms with van der Waals surface area (Å²) >= 11 is 5.87. The fourth-order valence-electron chi connectivity index (χ4n) is 2.23. The number of nitrogens with zero attached hydrogens (tertiary/aromatic N) is 2. The van der Waals surface area contributed by atoms with Gasteiger partial charge in [-0.2, -0.15) is 0 Å². The highest BCUT2D eigenvalue weighted by atomic mass is 35.5.